The SMILES string of the molecule is CCc1nc(C)oc1C(=O)Nc1nc2cc(C(N)=O)cc(OCCO)c2n1C/C=C/Cn1c(NC(=O)c2cc(C)nn2CC)nc2cc(C(=O)O)ccc21. The van der Waals surface area contributed by atoms with Crippen molar-refractivity contribution in [2.75, 3.05) is 23.8 Å². The lowest BCUT2D eigenvalue weighted by molar-refractivity contribution is 0.0696. The number of anilines is 2. The van der Waals surface area contributed by atoms with Gasteiger partial charge in [0.15, 0.2) is 5.89 Å². The van der Waals surface area contributed by atoms with Crippen LogP contribution in [-0.2, 0) is 26.1 Å². The Morgan fingerprint density at radius 1 is 0.907 bits per heavy atom. The van der Waals surface area contributed by atoms with Crippen molar-refractivity contribution < 1.29 is 38.5 Å². The van der Waals surface area contributed by atoms with E-state index in [1.165, 1.54) is 24.3 Å². The molecule has 18 heteroatoms. The van der Waals surface area contributed by atoms with Gasteiger partial charge in [0.25, 0.3) is 11.8 Å². The average molecular weight is 739 g/mol. The van der Waals surface area contributed by atoms with Crippen molar-refractivity contribution in [1.29, 1.82) is 0 Å². The Morgan fingerprint density at radius 3 is 2.28 bits per heavy atom. The fraction of sp³-hybridized carbons (Fsp3) is 0.278. The molecule has 6 N–H and O–H groups in total. The summed E-state index contributed by atoms with van der Waals surface area (Å²) in [5.74, 6) is -2.06. The van der Waals surface area contributed by atoms with Crippen molar-refractivity contribution >= 4 is 57.7 Å². The number of allylic oxidation sites excluding steroid dienone is 2. The number of aromatic carboxylic acids is 1. The average Bonchev–Trinajstić information content (AvgIpc) is 3.90. The number of nitrogens with two attached hydrogens (primary N) is 1. The zero-order valence-corrected chi connectivity index (χ0v) is 29.9. The van der Waals surface area contributed by atoms with E-state index in [1.807, 2.05) is 13.8 Å². The van der Waals surface area contributed by atoms with Crippen LogP contribution >= 0.6 is 0 Å². The molecule has 4 aromatic heterocycles. The molecule has 0 aliphatic rings. The molecule has 0 fully saturated rings. The highest BCUT2D eigenvalue weighted by Gasteiger charge is 2.24. The van der Waals surface area contributed by atoms with Crippen LogP contribution in [0, 0.1) is 13.8 Å². The van der Waals surface area contributed by atoms with Gasteiger partial charge in [-0.3, -0.25) is 29.7 Å². The van der Waals surface area contributed by atoms with Gasteiger partial charge in [-0.05, 0) is 56.7 Å². The maximum absolute atomic E-state index is 13.5. The molecule has 0 atom stereocenters. The first-order valence-corrected chi connectivity index (χ1v) is 17.0. The van der Waals surface area contributed by atoms with E-state index in [9.17, 15) is 29.4 Å². The summed E-state index contributed by atoms with van der Waals surface area (Å²) in [5, 5.41) is 29.1. The normalized spacial score (nSPS) is 11.5. The maximum atomic E-state index is 13.5. The number of ether oxygens (including phenoxy) is 1. The number of fused-ring (bicyclic) bond motifs is 2. The lowest BCUT2D eigenvalue weighted by Crippen LogP contribution is -2.19. The van der Waals surface area contributed by atoms with Gasteiger partial charge < -0.3 is 34.2 Å². The van der Waals surface area contributed by atoms with E-state index in [1.54, 1.807) is 51.9 Å². The number of rotatable bonds is 15. The lowest BCUT2D eigenvalue weighted by atomic mass is 10.1. The number of carbonyl (C=O) groups is 4. The van der Waals surface area contributed by atoms with Gasteiger partial charge in [-0.15, -0.1) is 0 Å². The van der Waals surface area contributed by atoms with E-state index in [4.69, 9.17) is 14.9 Å². The summed E-state index contributed by atoms with van der Waals surface area (Å²) >= 11 is 0. The monoisotopic (exact) mass is 738 g/mol. The molecule has 4 heterocycles. The number of carbonyl (C=O) groups excluding carboxylic acids is 3. The van der Waals surface area contributed by atoms with Gasteiger partial charge in [0.05, 0.1) is 40.1 Å². The molecule has 0 radical (unpaired) electrons. The third-order valence-corrected chi connectivity index (χ3v) is 8.41. The van der Waals surface area contributed by atoms with Crippen LogP contribution in [0.1, 0.15) is 72.9 Å². The molecule has 0 spiro atoms. The predicted molar refractivity (Wildman–Crippen MR) is 196 cm³/mol. The zero-order chi connectivity index (χ0) is 38.7. The highest BCUT2D eigenvalue weighted by Crippen LogP contribution is 2.32. The van der Waals surface area contributed by atoms with E-state index >= 15 is 0 Å². The number of aliphatic hydroxyl groups is 1. The van der Waals surface area contributed by atoms with Crippen molar-refractivity contribution in [3.05, 3.63) is 88.4 Å². The highest BCUT2D eigenvalue weighted by atomic mass is 16.5. The summed E-state index contributed by atoms with van der Waals surface area (Å²) < 4.78 is 16.3. The second-order valence-electron chi connectivity index (χ2n) is 12.1. The van der Waals surface area contributed by atoms with Crippen molar-refractivity contribution in [1.82, 2.24) is 33.9 Å². The number of aryl methyl sites for hydroxylation is 4. The minimum Gasteiger partial charge on any atom is -0.489 e. The van der Waals surface area contributed by atoms with Crippen molar-refractivity contribution in [2.24, 2.45) is 5.73 Å². The Kier molecular flexibility index (Phi) is 10.6. The smallest absolute Gasteiger partial charge is 0.335 e. The van der Waals surface area contributed by atoms with Crippen molar-refractivity contribution in [2.45, 2.75) is 53.8 Å². The lowest BCUT2D eigenvalue weighted by Gasteiger charge is -2.12. The molecule has 3 amide bonds. The molecule has 0 aliphatic heterocycles. The van der Waals surface area contributed by atoms with Crippen LogP contribution in [0.4, 0.5) is 11.9 Å². The Hall–Kier alpha value is -6.82. The number of hydrogen-bond donors (Lipinski definition) is 5. The summed E-state index contributed by atoms with van der Waals surface area (Å²) in [4.78, 5) is 64.2. The van der Waals surface area contributed by atoms with Crippen molar-refractivity contribution in [3.63, 3.8) is 0 Å². The largest absolute Gasteiger partial charge is 0.489 e. The molecule has 2 aromatic carbocycles. The van der Waals surface area contributed by atoms with Gasteiger partial charge in [0.2, 0.25) is 23.6 Å². The van der Waals surface area contributed by atoms with Crippen molar-refractivity contribution in [3.8, 4) is 5.75 Å². The van der Waals surface area contributed by atoms with Gasteiger partial charge in [-0.1, -0.05) is 19.1 Å². The molecule has 18 nitrogen and oxygen atoms in total. The number of nitrogens with one attached hydrogen (secondary N) is 2. The number of aromatic nitrogens is 7. The molecule has 6 rings (SSSR count). The fourth-order valence-electron chi connectivity index (χ4n) is 5.99. The van der Waals surface area contributed by atoms with Crippen LogP contribution in [0.3, 0.4) is 0 Å². The van der Waals surface area contributed by atoms with Crippen LogP contribution < -0.4 is 21.1 Å². The van der Waals surface area contributed by atoms with E-state index < -0.39 is 23.7 Å². The number of amides is 3. The molecule has 0 saturated carbocycles. The molecular weight excluding hydrogens is 700 g/mol. The minimum absolute atomic E-state index is 0.0310. The third-order valence-electron chi connectivity index (χ3n) is 8.41. The second-order valence-corrected chi connectivity index (χ2v) is 12.1. The molecule has 6 aromatic rings. The van der Waals surface area contributed by atoms with Gasteiger partial charge in [-0.25, -0.2) is 19.7 Å². The first-order chi connectivity index (χ1) is 25.9. The first kappa shape index (κ1) is 37.0. The van der Waals surface area contributed by atoms with Gasteiger partial charge >= 0.3 is 5.97 Å². The number of benzene rings is 2. The molecule has 280 valence electrons. The standard InChI is InChI=1S/C36H38N10O8/c1-5-23-30(54-20(4)38-23)33(50)42-36-40-25-17-22(31(37)48)18-28(53-14-13-47)29(25)45(36)12-8-7-11-44-26-10-9-21(34(51)52)16-24(26)39-35(44)41-32(49)27-15-19(3)43-46(27)6-2/h7-10,15-18,47H,5-6,11-14H2,1-4H3,(H2,37,48)(H,51,52)(H,39,41,49)(H,40,42,50)/b8-7+. The molecule has 0 saturated heterocycles. The van der Waals surface area contributed by atoms with Gasteiger partial charge in [0, 0.05) is 32.1 Å². The summed E-state index contributed by atoms with van der Waals surface area (Å²) in [6, 6.07) is 9.07. The molecule has 0 unspecified atom stereocenters. The van der Waals surface area contributed by atoms with E-state index in [2.05, 4.69) is 30.7 Å². The number of carboxylic acid groups (broad SMARTS) is 1. The van der Waals surface area contributed by atoms with Crippen LogP contribution in [0.15, 0.2) is 53.0 Å². The van der Waals surface area contributed by atoms with E-state index in [0.717, 1.165) is 0 Å². The molecule has 0 aliphatic carbocycles. The fourth-order valence-corrected chi connectivity index (χ4v) is 5.99. The topological polar surface area (TPSA) is 248 Å². The Bertz CT molecular complexity index is 2450. The minimum atomic E-state index is -1.12. The number of imidazole rings is 2. The van der Waals surface area contributed by atoms with E-state index in [0.29, 0.717) is 52.5 Å². The molecule has 54 heavy (non-hydrogen) atoms. The van der Waals surface area contributed by atoms with Crippen LogP contribution in [-0.4, -0.2) is 81.0 Å². The van der Waals surface area contributed by atoms with E-state index in [-0.39, 0.29) is 66.4 Å². The Morgan fingerprint density at radius 2 is 1.59 bits per heavy atom. The summed E-state index contributed by atoms with van der Waals surface area (Å²) in [6.45, 7) is 7.49. The third kappa shape index (κ3) is 7.40. The summed E-state index contributed by atoms with van der Waals surface area (Å²) in [6.07, 6.45) is 4.02. The Balaban J connectivity index is 1.37. The quantitative estimate of drug-likeness (QED) is 0.0947. The summed E-state index contributed by atoms with van der Waals surface area (Å²) in [5.41, 5.74) is 8.82. The van der Waals surface area contributed by atoms with Crippen LogP contribution in [0.25, 0.3) is 22.1 Å². The van der Waals surface area contributed by atoms with Gasteiger partial charge in [0.1, 0.15) is 23.6 Å². The molecular formula is C36H38N10O8. The number of primary amides is 1. The zero-order valence-electron chi connectivity index (χ0n) is 29.9. The number of aliphatic hydroxyl groups excluding tert-OH is 1. The second kappa shape index (κ2) is 15.4. The van der Waals surface area contributed by atoms with Gasteiger partial charge in [-0.2, -0.15) is 5.10 Å². The predicted octanol–water partition coefficient (Wildman–Crippen LogP) is 3.70. The first-order valence-electron chi connectivity index (χ1n) is 17.0. The Labute approximate surface area is 307 Å². The summed E-state index contributed by atoms with van der Waals surface area (Å²) in [7, 11) is 0. The number of carboxylic acids is 1. The number of oxazole rings is 1. The van der Waals surface area contributed by atoms with Crippen LogP contribution in [0.5, 0.6) is 5.75 Å². The molecule has 0 bridgehead atoms. The van der Waals surface area contributed by atoms with Crippen LogP contribution in [0.2, 0.25) is 0 Å². The number of hydrogen-bond acceptors (Lipinski definition) is 11. The number of nitrogens with zero attached hydrogens (tertiary/aromatic N) is 7. The highest BCUT2D eigenvalue weighted by molar-refractivity contribution is 6.05. The maximum Gasteiger partial charge on any atom is 0.335 e.